The van der Waals surface area contributed by atoms with Crippen LogP contribution in [0.2, 0.25) is 0 Å². The number of benzene rings is 2. The van der Waals surface area contributed by atoms with Crippen molar-refractivity contribution in [3.63, 3.8) is 0 Å². The molecule has 0 aliphatic carbocycles. The van der Waals surface area contributed by atoms with Gasteiger partial charge in [0.1, 0.15) is 0 Å². The Balaban J connectivity index is 2.16. The van der Waals surface area contributed by atoms with Crippen LogP contribution in [0.15, 0.2) is 55.4 Å². The van der Waals surface area contributed by atoms with E-state index in [4.69, 9.17) is 0 Å². The number of fused-ring (bicyclic) bond motifs is 1. The molecule has 4 aromatic rings. The van der Waals surface area contributed by atoms with Crippen LogP contribution < -0.4 is 0 Å². The van der Waals surface area contributed by atoms with Gasteiger partial charge in [0.15, 0.2) is 0 Å². The first-order chi connectivity index (χ1) is 11.6. The monoisotopic (exact) mass is 316 g/mol. The van der Waals surface area contributed by atoms with Gasteiger partial charge in [-0.15, -0.1) is 0 Å². The number of hydrogen-bond donors (Lipinski definition) is 2. The van der Waals surface area contributed by atoms with E-state index in [1.54, 1.807) is 12.7 Å². The van der Waals surface area contributed by atoms with Crippen LogP contribution in [0.4, 0.5) is 0 Å². The van der Waals surface area contributed by atoms with Crippen molar-refractivity contribution in [2.24, 2.45) is 0 Å². The third-order valence-electron chi connectivity index (χ3n) is 4.41. The highest BCUT2D eigenvalue weighted by molar-refractivity contribution is 6.05. The summed E-state index contributed by atoms with van der Waals surface area (Å²) >= 11 is 0. The van der Waals surface area contributed by atoms with Crippen molar-refractivity contribution in [3.8, 4) is 22.5 Å². The molecule has 120 valence electrons. The number of imidazole rings is 2. The molecule has 0 atom stereocenters. The zero-order valence-corrected chi connectivity index (χ0v) is 14.1. The van der Waals surface area contributed by atoms with Gasteiger partial charge in [0, 0.05) is 11.1 Å². The van der Waals surface area contributed by atoms with Crippen molar-refractivity contribution in [1.29, 1.82) is 0 Å². The largest absolute Gasteiger partial charge is 0.345 e. The SMILES string of the molecule is CC(C)(C)c1cc(-c2cnc[nH]2)c2ccccc2c1-c1cnc[nH]1. The summed E-state index contributed by atoms with van der Waals surface area (Å²) in [6.07, 6.45) is 7.24. The fourth-order valence-corrected chi connectivity index (χ4v) is 3.28. The molecule has 24 heavy (non-hydrogen) atoms. The molecular weight excluding hydrogens is 296 g/mol. The van der Waals surface area contributed by atoms with Crippen LogP contribution in [-0.2, 0) is 5.41 Å². The summed E-state index contributed by atoms with van der Waals surface area (Å²) < 4.78 is 0. The summed E-state index contributed by atoms with van der Waals surface area (Å²) in [5, 5.41) is 2.43. The Kier molecular flexibility index (Phi) is 3.27. The van der Waals surface area contributed by atoms with Crippen LogP contribution in [0.3, 0.4) is 0 Å². The third kappa shape index (κ3) is 2.31. The standard InChI is InChI=1S/C20H20N4/c1-20(2,3)16-8-15(17-9-21-11-23-17)13-6-4-5-7-14(13)19(16)18-10-22-12-24-18/h4-12H,1-3H3,(H,21,23)(H,22,24). The van der Waals surface area contributed by atoms with Crippen LogP contribution in [0.25, 0.3) is 33.3 Å². The smallest absolute Gasteiger partial charge is 0.0924 e. The zero-order valence-electron chi connectivity index (χ0n) is 14.1. The molecule has 4 rings (SSSR count). The number of aromatic amines is 2. The maximum Gasteiger partial charge on any atom is 0.0924 e. The van der Waals surface area contributed by atoms with E-state index >= 15 is 0 Å². The fourth-order valence-electron chi connectivity index (χ4n) is 3.28. The average Bonchev–Trinajstić information content (AvgIpc) is 3.26. The lowest BCUT2D eigenvalue weighted by Gasteiger charge is -2.25. The van der Waals surface area contributed by atoms with Crippen molar-refractivity contribution in [2.45, 2.75) is 26.2 Å². The Morgan fingerprint density at radius 1 is 0.833 bits per heavy atom. The number of rotatable bonds is 2. The van der Waals surface area contributed by atoms with Crippen molar-refractivity contribution in [3.05, 3.63) is 60.9 Å². The summed E-state index contributed by atoms with van der Waals surface area (Å²) in [5.74, 6) is 0. The average molecular weight is 316 g/mol. The van der Waals surface area contributed by atoms with Gasteiger partial charge in [-0.05, 0) is 27.8 Å². The first kappa shape index (κ1) is 14.7. The maximum absolute atomic E-state index is 4.23. The van der Waals surface area contributed by atoms with E-state index in [0.717, 1.165) is 11.4 Å². The molecule has 0 radical (unpaired) electrons. The zero-order chi connectivity index (χ0) is 16.7. The molecule has 0 fully saturated rings. The number of hydrogen-bond acceptors (Lipinski definition) is 2. The van der Waals surface area contributed by atoms with E-state index in [1.807, 2.05) is 12.4 Å². The molecule has 0 saturated heterocycles. The maximum atomic E-state index is 4.23. The van der Waals surface area contributed by atoms with Gasteiger partial charge in [0.05, 0.1) is 36.4 Å². The highest BCUT2D eigenvalue weighted by Gasteiger charge is 2.24. The molecule has 0 unspecified atom stereocenters. The molecule has 4 nitrogen and oxygen atoms in total. The van der Waals surface area contributed by atoms with Gasteiger partial charge < -0.3 is 9.97 Å². The summed E-state index contributed by atoms with van der Waals surface area (Å²) in [7, 11) is 0. The summed E-state index contributed by atoms with van der Waals surface area (Å²) in [4.78, 5) is 15.0. The van der Waals surface area contributed by atoms with Gasteiger partial charge in [-0.2, -0.15) is 0 Å². The molecule has 0 saturated carbocycles. The second kappa shape index (κ2) is 5.34. The van der Waals surface area contributed by atoms with E-state index in [0.29, 0.717) is 0 Å². The number of H-pyrrole nitrogens is 2. The molecule has 0 amide bonds. The Hall–Kier alpha value is -2.88. The van der Waals surface area contributed by atoms with Gasteiger partial charge in [-0.3, -0.25) is 0 Å². The Labute approximate surface area is 141 Å². The minimum Gasteiger partial charge on any atom is -0.345 e. The summed E-state index contributed by atoms with van der Waals surface area (Å²) in [6.45, 7) is 6.73. The first-order valence-corrected chi connectivity index (χ1v) is 8.09. The van der Waals surface area contributed by atoms with Gasteiger partial charge in [-0.25, -0.2) is 9.97 Å². The first-order valence-electron chi connectivity index (χ1n) is 8.09. The molecule has 0 spiro atoms. The molecule has 0 bridgehead atoms. The van der Waals surface area contributed by atoms with Crippen molar-refractivity contribution >= 4 is 10.8 Å². The van der Waals surface area contributed by atoms with Gasteiger partial charge in [0.25, 0.3) is 0 Å². The number of nitrogens with one attached hydrogen (secondary N) is 2. The van der Waals surface area contributed by atoms with Crippen LogP contribution in [-0.4, -0.2) is 19.9 Å². The van der Waals surface area contributed by atoms with E-state index < -0.39 is 0 Å². The van der Waals surface area contributed by atoms with E-state index in [9.17, 15) is 0 Å². The number of aromatic nitrogens is 4. The molecule has 4 heteroatoms. The summed E-state index contributed by atoms with van der Waals surface area (Å²) in [5.41, 5.74) is 5.77. The number of nitrogens with zero attached hydrogens (tertiary/aromatic N) is 2. The van der Waals surface area contributed by atoms with Gasteiger partial charge >= 0.3 is 0 Å². The summed E-state index contributed by atoms with van der Waals surface area (Å²) in [6, 6.07) is 10.8. The quantitative estimate of drug-likeness (QED) is 0.551. The fraction of sp³-hybridized carbons (Fsp3) is 0.200. The molecule has 0 aliphatic rings. The lowest BCUT2D eigenvalue weighted by molar-refractivity contribution is 0.592. The lowest BCUT2D eigenvalue weighted by Crippen LogP contribution is -2.13. The van der Waals surface area contributed by atoms with Crippen molar-refractivity contribution in [2.75, 3.05) is 0 Å². The Morgan fingerprint density at radius 3 is 2.04 bits per heavy atom. The molecule has 2 heterocycles. The highest BCUT2D eigenvalue weighted by atomic mass is 14.9. The van der Waals surface area contributed by atoms with Crippen LogP contribution in [0, 0.1) is 0 Å². The van der Waals surface area contributed by atoms with Crippen LogP contribution in [0.1, 0.15) is 26.3 Å². The Bertz CT molecular complexity index is 975. The predicted molar refractivity (Wildman–Crippen MR) is 97.8 cm³/mol. The van der Waals surface area contributed by atoms with E-state index in [-0.39, 0.29) is 5.41 Å². The molecule has 2 aromatic carbocycles. The Morgan fingerprint density at radius 2 is 1.46 bits per heavy atom. The van der Waals surface area contributed by atoms with Crippen molar-refractivity contribution < 1.29 is 0 Å². The van der Waals surface area contributed by atoms with Crippen LogP contribution >= 0.6 is 0 Å². The second-order valence-corrected chi connectivity index (χ2v) is 7.07. The van der Waals surface area contributed by atoms with E-state index in [2.05, 4.69) is 71.0 Å². The highest BCUT2D eigenvalue weighted by Crippen LogP contribution is 2.41. The van der Waals surface area contributed by atoms with Crippen LogP contribution in [0.5, 0.6) is 0 Å². The predicted octanol–water partition coefficient (Wildman–Crippen LogP) is 4.92. The lowest BCUT2D eigenvalue weighted by atomic mass is 9.79. The van der Waals surface area contributed by atoms with Crippen molar-refractivity contribution in [1.82, 2.24) is 19.9 Å². The van der Waals surface area contributed by atoms with E-state index in [1.165, 1.54) is 27.5 Å². The minimum atomic E-state index is -0.000748. The van der Waals surface area contributed by atoms with Gasteiger partial charge in [0.2, 0.25) is 0 Å². The third-order valence-corrected chi connectivity index (χ3v) is 4.41. The molecule has 2 N–H and O–H groups in total. The minimum absolute atomic E-state index is 0.000748. The topological polar surface area (TPSA) is 57.4 Å². The molecular formula is C20H20N4. The normalized spacial score (nSPS) is 12.0. The second-order valence-electron chi connectivity index (χ2n) is 7.07. The molecule has 0 aliphatic heterocycles. The molecule has 2 aromatic heterocycles. The van der Waals surface area contributed by atoms with Gasteiger partial charge in [-0.1, -0.05) is 45.0 Å².